The maximum absolute atomic E-state index is 12.1. The summed E-state index contributed by atoms with van der Waals surface area (Å²) in [7, 11) is 0. The summed E-state index contributed by atoms with van der Waals surface area (Å²) in [5, 5.41) is 0. The van der Waals surface area contributed by atoms with E-state index in [9.17, 15) is 4.79 Å². The molecule has 0 rings (SSSR count). The summed E-state index contributed by atoms with van der Waals surface area (Å²) in [4.78, 5) is 14.2. The van der Waals surface area contributed by atoms with E-state index in [1.54, 1.807) is 0 Å². The summed E-state index contributed by atoms with van der Waals surface area (Å²) >= 11 is 0. The summed E-state index contributed by atoms with van der Waals surface area (Å²) in [6.45, 7) is 9.58. The van der Waals surface area contributed by atoms with Crippen LogP contribution >= 0.6 is 0 Å². The Morgan fingerprint density at radius 1 is 0.938 bits per heavy atom. The molecule has 0 aliphatic rings. The maximum atomic E-state index is 12.1. The maximum Gasteiger partial charge on any atom is 0.222 e. The average molecular weight is 227 g/mol. The molecular weight excluding hydrogens is 198 g/mol. The number of nitrogens with zero attached hydrogens (tertiary/aromatic N) is 1. The second-order valence-electron chi connectivity index (χ2n) is 4.57. The van der Waals surface area contributed by atoms with E-state index in [-0.39, 0.29) is 0 Å². The number of carbonyl (C=O) groups is 1. The molecular formula is C14H29NO. The van der Waals surface area contributed by atoms with Gasteiger partial charge in [0.05, 0.1) is 0 Å². The summed E-state index contributed by atoms with van der Waals surface area (Å²) in [6, 6.07) is 0.481. The van der Waals surface area contributed by atoms with Crippen molar-refractivity contribution in [3.63, 3.8) is 0 Å². The predicted octanol–water partition coefficient (Wildman–Crippen LogP) is 3.99. The molecule has 1 amide bonds. The third kappa shape index (κ3) is 5.53. The second-order valence-corrected chi connectivity index (χ2v) is 4.57. The molecule has 0 saturated carbocycles. The Morgan fingerprint density at radius 2 is 1.50 bits per heavy atom. The van der Waals surface area contributed by atoms with Crippen molar-refractivity contribution in [2.24, 2.45) is 0 Å². The standard InChI is InChI=1S/C14H29NO/c1-5-9-13(10-6-2)15(12-8-4)14(16)11-7-3/h13H,5-12H2,1-4H3. The van der Waals surface area contributed by atoms with Crippen molar-refractivity contribution in [1.82, 2.24) is 4.90 Å². The van der Waals surface area contributed by atoms with Gasteiger partial charge in [-0.1, -0.05) is 40.5 Å². The van der Waals surface area contributed by atoms with Gasteiger partial charge in [-0.2, -0.15) is 0 Å². The first-order valence-electron chi connectivity index (χ1n) is 7.00. The van der Waals surface area contributed by atoms with Crippen LogP contribution in [0.5, 0.6) is 0 Å². The van der Waals surface area contributed by atoms with Gasteiger partial charge in [0.25, 0.3) is 0 Å². The van der Waals surface area contributed by atoms with E-state index in [0.717, 1.165) is 32.2 Å². The van der Waals surface area contributed by atoms with E-state index in [2.05, 4.69) is 32.6 Å². The predicted molar refractivity (Wildman–Crippen MR) is 70.5 cm³/mol. The number of hydrogen-bond donors (Lipinski definition) is 0. The van der Waals surface area contributed by atoms with Gasteiger partial charge in [-0.15, -0.1) is 0 Å². The zero-order valence-corrected chi connectivity index (χ0v) is 11.6. The highest BCUT2D eigenvalue weighted by molar-refractivity contribution is 5.76. The minimum atomic E-state index is 0.358. The molecule has 0 aromatic rings. The van der Waals surface area contributed by atoms with E-state index in [4.69, 9.17) is 0 Å². The minimum absolute atomic E-state index is 0.358. The number of carbonyl (C=O) groups excluding carboxylic acids is 1. The lowest BCUT2D eigenvalue weighted by molar-refractivity contribution is -0.134. The van der Waals surface area contributed by atoms with Gasteiger partial charge < -0.3 is 4.90 Å². The molecule has 96 valence electrons. The number of hydrogen-bond acceptors (Lipinski definition) is 1. The van der Waals surface area contributed by atoms with Gasteiger partial charge in [0.1, 0.15) is 0 Å². The van der Waals surface area contributed by atoms with E-state index in [1.165, 1.54) is 12.8 Å². The van der Waals surface area contributed by atoms with Crippen LogP contribution in [0.2, 0.25) is 0 Å². The second kappa shape index (κ2) is 9.68. The van der Waals surface area contributed by atoms with Crippen molar-refractivity contribution in [1.29, 1.82) is 0 Å². The SMILES string of the molecule is CCCC(=O)N(CCC)C(CCC)CCC. The molecule has 0 aliphatic heterocycles. The Morgan fingerprint density at radius 3 is 1.88 bits per heavy atom. The van der Waals surface area contributed by atoms with Gasteiger partial charge in [0, 0.05) is 19.0 Å². The molecule has 0 atom stereocenters. The Labute approximate surface area is 101 Å². The molecule has 0 aliphatic carbocycles. The van der Waals surface area contributed by atoms with Crippen molar-refractivity contribution < 1.29 is 4.79 Å². The molecule has 0 N–H and O–H groups in total. The Hall–Kier alpha value is -0.530. The van der Waals surface area contributed by atoms with Crippen LogP contribution in [0.15, 0.2) is 0 Å². The third-order valence-electron chi connectivity index (χ3n) is 2.93. The number of rotatable bonds is 9. The molecule has 0 heterocycles. The molecule has 0 spiro atoms. The normalized spacial score (nSPS) is 10.8. The van der Waals surface area contributed by atoms with Crippen LogP contribution in [0.1, 0.15) is 72.6 Å². The molecule has 0 radical (unpaired) electrons. The first-order chi connectivity index (χ1) is 7.71. The van der Waals surface area contributed by atoms with Crippen LogP contribution < -0.4 is 0 Å². The zero-order chi connectivity index (χ0) is 12.4. The lowest BCUT2D eigenvalue weighted by Crippen LogP contribution is -2.40. The van der Waals surface area contributed by atoms with Gasteiger partial charge >= 0.3 is 0 Å². The van der Waals surface area contributed by atoms with E-state index >= 15 is 0 Å². The molecule has 0 saturated heterocycles. The lowest BCUT2D eigenvalue weighted by atomic mass is 10.0. The van der Waals surface area contributed by atoms with Gasteiger partial charge in [-0.25, -0.2) is 0 Å². The van der Waals surface area contributed by atoms with Crippen LogP contribution in [0.4, 0.5) is 0 Å². The van der Waals surface area contributed by atoms with Crippen LogP contribution in [0, 0.1) is 0 Å². The monoisotopic (exact) mass is 227 g/mol. The Bertz CT molecular complexity index is 174. The summed E-state index contributed by atoms with van der Waals surface area (Å²) in [6.07, 6.45) is 7.40. The average Bonchev–Trinajstić information content (AvgIpc) is 2.26. The first-order valence-corrected chi connectivity index (χ1v) is 7.00. The fourth-order valence-corrected chi connectivity index (χ4v) is 2.23. The highest BCUT2D eigenvalue weighted by Gasteiger charge is 2.20. The van der Waals surface area contributed by atoms with Crippen LogP contribution in [-0.4, -0.2) is 23.4 Å². The van der Waals surface area contributed by atoms with Crippen LogP contribution in [-0.2, 0) is 4.79 Å². The molecule has 0 unspecified atom stereocenters. The topological polar surface area (TPSA) is 20.3 Å². The quantitative estimate of drug-likeness (QED) is 0.583. The highest BCUT2D eigenvalue weighted by atomic mass is 16.2. The zero-order valence-electron chi connectivity index (χ0n) is 11.6. The van der Waals surface area contributed by atoms with Crippen molar-refractivity contribution >= 4 is 5.91 Å². The first kappa shape index (κ1) is 15.5. The molecule has 2 nitrogen and oxygen atoms in total. The molecule has 16 heavy (non-hydrogen) atoms. The minimum Gasteiger partial charge on any atom is -0.340 e. The molecule has 0 fully saturated rings. The Kier molecular flexibility index (Phi) is 9.36. The van der Waals surface area contributed by atoms with E-state index in [1.807, 2.05) is 0 Å². The van der Waals surface area contributed by atoms with Crippen molar-refractivity contribution in [2.45, 2.75) is 78.7 Å². The van der Waals surface area contributed by atoms with E-state index in [0.29, 0.717) is 18.4 Å². The highest BCUT2D eigenvalue weighted by Crippen LogP contribution is 2.15. The fourth-order valence-electron chi connectivity index (χ4n) is 2.23. The third-order valence-corrected chi connectivity index (χ3v) is 2.93. The van der Waals surface area contributed by atoms with Crippen molar-refractivity contribution in [3.8, 4) is 0 Å². The number of amides is 1. The summed E-state index contributed by atoms with van der Waals surface area (Å²) in [5.74, 6) is 0.358. The molecule has 0 aromatic carbocycles. The smallest absolute Gasteiger partial charge is 0.222 e. The van der Waals surface area contributed by atoms with Crippen molar-refractivity contribution in [2.75, 3.05) is 6.54 Å². The van der Waals surface area contributed by atoms with E-state index < -0.39 is 0 Å². The van der Waals surface area contributed by atoms with Gasteiger partial charge in [-0.3, -0.25) is 4.79 Å². The van der Waals surface area contributed by atoms with Gasteiger partial charge in [0.2, 0.25) is 5.91 Å². The van der Waals surface area contributed by atoms with Crippen LogP contribution in [0.3, 0.4) is 0 Å². The van der Waals surface area contributed by atoms with Gasteiger partial charge in [-0.05, 0) is 25.7 Å². The summed E-state index contributed by atoms with van der Waals surface area (Å²) in [5.41, 5.74) is 0. The lowest BCUT2D eigenvalue weighted by Gasteiger charge is -2.31. The molecule has 0 aromatic heterocycles. The fraction of sp³-hybridized carbons (Fsp3) is 0.929. The van der Waals surface area contributed by atoms with Gasteiger partial charge in [0.15, 0.2) is 0 Å². The molecule has 2 heteroatoms. The summed E-state index contributed by atoms with van der Waals surface area (Å²) < 4.78 is 0. The van der Waals surface area contributed by atoms with Crippen LogP contribution in [0.25, 0.3) is 0 Å². The Balaban J connectivity index is 4.47. The largest absolute Gasteiger partial charge is 0.340 e. The molecule has 0 bridgehead atoms. The van der Waals surface area contributed by atoms with Crippen molar-refractivity contribution in [3.05, 3.63) is 0 Å².